The van der Waals surface area contributed by atoms with E-state index in [1.165, 1.54) is 15.6 Å². The van der Waals surface area contributed by atoms with Crippen LogP contribution in [0.15, 0.2) is 53.9 Å². The summed E-state index contributed by atoms with van der Waals surface area (Å²) >= 11 is 1.68. The highest BCUT2D eigenvalue weighted by atomic mass is 32.1. The van der Waals surface area contributed by atoms with E-state index < -0.39 is 6.10 Å². The molecule has 0 bridgehead atoms. The molecule has 0 aliphatic carbocycles. The van der Waals surface area contributed by atoms with Crippen LogP contribution in [0.25, 0.3) is 10.1 Å². The second kappa shape index (κ2) is 5.28. The average Bonchev–Trinajstić information content (AvgIpc) is 2.94. The van der Waals surface area contributed by atoms with Crippen molar-refractivity contribution in [2.45, 2.75) is 32.3 Å². The first-order valence-electron chi connectivity index (χ1n) is 7.21. The summed E-state index contributed by atoms with van der Waals surface area (Å²) in [5.41, 5.74) is 3.36. The van der Waals surface area contributed by atoms with Crippen LogP contribution in [0.4, 0.5) is 0 Å². The Bertz CT molecular complexity index is 747. The van der Waals surface area contributed by atoms with Gasteiger partial charge in [-0.2, -0.15) is 0 Å². The zero-order valence-electron chi connectivity index (χ0n) is 12.6. The summed E-state index contributed by atoms with van der Waals surface area (Å²) in [5, 5.41) is 14.0. The average molecular weight is 296 g/mol. The van der Waals surface area contributed by atoms with Gasteiger partial charge in [0, 0.05) is 10.3 Å². The molecule has 0 saturated heterocycles. The minimum atomic E-state index is -0.568. The molecule has 1 atom stereocenters. The maximum Gasteiger partial charge on any atom is 0.105 e. The van der Waals surface area contributed by atoms with Gasteiger partial charge in [-0.3, -0.25) is 0 Å². The Morgan fingerprint density at radius 3 is 2.33 bits per heavy atom. The van der Waals surface area contributed by atoms with Crippen LogP contribution in [0.2, 0.25) is 0 Å². The van der Waals surface area contributed by atoms with Crippen LogP contribution in [-0.2, 0) is 5.41 Å². The Balaban J connectivity index is 1.98. The van der Waals surface area contributed by atoms with E-state index in [0.29, 0.717) is 0 Å². The normalized spacial score (nSPS) is 13.5. The molecule has 1 unspecified atom stereocenters. The summed E-state index contributed by atoms with van der Waals surface area (Å²) < 4.78 is 1.17. The van der Waals surface area contributed by atoms with Gasteiger partial charge in [0.1, 0.15) is 6.10 Å². The van der Waals surface area contributed by atoms with E-state index >= 15 is 0 Å². The molecule has 0 spiro atoms. The molecule has 0 saturated carbocycles. The minimum Gasteiger partial charge on any atom is -0.384 e. The minimum absolute atomic E-state index is 0.136. The first kappa shape index (κ1) is 14.3. The van der Waals surface area contributed by atoms with Gasteiger partial charge in [0.25, 0.3) is 0 Å². The number of aliphatic hydroxyl groups excluding tert-OH is 1. The lowest BCUT2D eigenvalue weighted by Gasteiger charge is -2.20. The highest BCUT2D eigenvalue weighted by Crippen LogP contribution is 2.33. The number of hydrogen-bond donors (Lipinski definition) is 1. The summed E-state index contributed by atoms with van der Waals surface area (Å²) in [7, 11) is 0. The molecule has 0 fully saturated rings. The van der Waals surface area contributed by atoms with Crippen molar-refractivity contribution in [3.8, 4) is 0 Å². The van der Waals surface area contributed by atoms with Crippen LogP contribution in [0.3, 0.4) is 0 Å². The first-order valence-corrected chi connectivity index (χ1v) is 8.09. The van der Waals surface area contributed by atoms with Crippen LogP contribution in [0.5, 0.6) is 0 Å². The van der Waals surface area contributed by atoms with E-state index in [0.717, 1.165) is 11.1 Å². The van der Waals surface area contributed by atoms with Crippen molar-refractivity contribution in [1.29, 1.82) is 0 Å². The predicted octanol–water partition coefficient (Wildman–Crippen LogP) is 5.28. The van der Waals surface area contributed by atoms with Gasteiger partial charge < -0.3 is 5.11 Å². The topological polar surface area (TPSA) is 20.2 Å². The molecule has 2 heteroatoms. The van der Waals surface area contributed by atoms with Crippen LogP contribution in [0, 0.1) is 0 Å². The molecule has 1 heterocycles. The quantitative estimate of drug-likeness (QED) is 0.682. The van der Waals surface area contributed by atoms with Gasteiger partial charge in [-0.15, -0.1) is 11.3 Å². The third kappa shape index (κ3) is 2.74. The molecule has 2 aromatic carbocycles. The molecule has 21 heavy (non-hydrogen) atoms. The van der Waals surface area contributed by atoms with Gasteiger partial charge >= 0.3 is 0 Å². The highest BCUT2D eigenvalue weighted by molar-refractivity contribution is 7.17. The van der Waals surface area contributed by atoms with Gasteiger partial charge in [-0.1, -0.05) is 63.2 Å². The number of benzene rings is 2. The Morgan fingerprint density at radius 1 is 0.952 bits per heavy atom. The van der Waals surface area contributed by atoms with Gasteiger partial charge in [0.15, 0.2) is 0 Å². The summed E-state index contributed by atoms with van der Waals surface area (Å²) in [4.78, 5) is 0. The van der Waals surface area contributed by atoms with Crippen molar-refractivity contribution < 1.29 is 5.11 Å². The fourth-order valence-corrected chi connectivity index (χ4v) is 3.52. The molecule has 0 aliphatic rings. The summed E-state index contributed by atoms with van der Waals surface area (Å²) in [6, 6.07) is 16.5. The fraction of sp³-hybridized carbons (Fsp3) is 0.263. The second-order valence-electron chi connectivity index (χ2n) is 6.46. The highest BCUT2D eigenvalue weighted by Gasteiger charge is 2.17. The third-order valence-electron chi connectivity index (χ3n) is 3.90. The smallest absolute Gasteiger partial charge is 0.105 e. The molecule has 0 radical (unpaired) electrons. The van der Waals surface area contributed by atoms with Crippen molar-refractivity contribution in [3.63, 3.8) is 0 Å². The van der Waals surface area contributed by atoms with Crippen molar-refractivity contribution in [2.24, 2.45) is 0 Å². The monoisotopic (exact) mass is 296 g/mol. The van der Waals surface area contributed by atoms with Crippen LogP contribution in [-0.4, -0.2) is 5.11 Å². The van der Waals surface area contributed by atoms with Crippen molar-refractivity contribution in [3.05, 3.63) is 70.6 Å². The van der Waals surface area contributed by atoms with Gasteiger partial charge in [-0.05, 0) is 33.4 Å². The maximum absolute atomic E-state index is 10.7. The SMILES string of the molecule is CC(C)(C)c1ccc(C(O)c2cccc3ccsc23)cc1. The van der Waals surface area contributed by atoms with Gasteiger partial charge in [0.2, 0.25) is 0 Å². The van der Waals surface area contributed by atoms with E-state index in [4.69, 9.17) is 0 Å². The Labute approximate surface area is 129 Å². The lowest BCUT2D eigenvalue weighted by atomic mass is 9.86. The predicted molar refractivity (Wildman–Crippen MR) is 91.0 cm³/mol. The summed E-state index contributed by atoms with van der Waals surface area (Å²) in [5.74, 6) is 0. The van der Waals surface area contributed by atoms with E-state index in [-0.39, 0.29) is 5.41 Å². The Morgan fingerprint density at radius 2 is 1.67 bits per heavy atom. The molecule has 3 rings (SSSR count). The third-order valence-corrected chi connectivity index (χ3v) is 4.88. The Kier molecular flexibility index (Phi) is 3.60. The zero-order chi connectivity index (χ0) is 15.0. The molecule has 1 aromatic heterocycles. The van der Waals surface area contributed by atoms with Crippen LogP contribution in [0.1, 0.15) is 43.6 Å². The Hall–Kier alpha value is -1.64. The summed E-state index contributed by atoms with van der Waals surface area (Å²) in [6.07, 6.45) is -0.568. The largest absolute Gasteiger partial charge is 0.384 e. The molecule has 108 valence electrons. The summed E-state index contributed by atoms with van der Waals surface area (Å²) in [6.45, 7) is 6.60. The zero-order valence-corrected chi connectivity index (χ0v) is 13.4. The maximum atomic E-state index is 10.7. The molecular weight excluding hydrogens is 276 g/mol. The lowest BCUT2D eigenvalue weighted by molar-refractivity contribution is 0.222. The van der Waals surface area contributed by atoms with E-state index in [1.54, 1.807) is 11.3 Å². The van der Waals surface area contributed by atoms with Crippen LogP contribution >= 0.6 is 11.3 Å². The van der Waals surface area contributed by atoms with Crippen molar-refractivity contribution >= 4 is 21.4 Å². The second-order valence-corrected chi connectivity index (χ2v) is 7.38. The van der Waals surface area contributed by atoms with Gasteiger partial charge in [-0.25, -0.2) is 0 Å². The fourth-order valence-electron chi connectivity index (χ4n) is 2.58. The number of hydrogen-bond acceptors (Lipinski definition) is 2. The van der Waals surface area contributed by atoms with Gasteiger partial charge in [0.05, 0.1) is 0 Å². The van der Waals surface area contributed by atoms with Crippen molar-refractivity contribution in [2.75, 3.05) is 0 Å². The van der Waals surface area contributed by atoms with E-state index in [9.17, 15) is 5.11 Å². The number of thiophene rings is 1. The molecule has 0 amide bonds. The molecule has 1 nitrogen and oxygen atoms in total. The van der Waals surface area contributed by atoms with E-state index in [2.05, 4.69) is 50.4 Å². The number of rotatable bonds is 2. The molecule has 0 aliphatic heterocycles. The van der Waals surface area contributed by atoms with Crippen LogP contribution < -0.4 is 0 Å². The van der Waals surface area contributed by atoms with Crippen molar-refractivity contribution in [1.82, 2.24) is 0 Å². The molecule has 3 aromatic rings. The number of fused-ring (bicyclic) bond motifs is 1. The molecule has 1 N–H and O–H groups in total. The molecular formula is C19H20OS. The lowest BCUT2D eigenvalue weighted by Crippen LogP contribution is -2.11. The standard InChI is InChI=1S/C19H20OS/c1-19(2,3)15-9-7-13(8-10-15)17(20)16-6-4-5-14-11-12-21-18(14)16/h4-12,17,20H,1-3H3. The number of aliphatic hydroxyl groups is 1. The van der Waals surface area contributed by atoms with E-state index in [1.807, 2.05) is 24.3 Å². The first-order chi connectivity index (χ1) is 9.97.